The number of aliphatic hydroxyl groups excluding tert-OH is 1. The lowest BCUT2D eigenvalue weighted by atomic mass is 10.1. The van der Waals surface area contributed by atoms with Gasteiger partial charge < -0.3 is 20.2 Å². The van der Waals surface area contributed by atoms with E-state index >= 15 is 0 Å². The van der Waals surface area contributed by atoms with Crippen molar-refractivity contribution in [3.63, 3.8) is 0 Å². The molecule has 3 N–H and O–H groups in total. The summed E-state index contributed by atoms with van der Waals surface area (Å²) in [4.78, 5) is 27.7. The van der Waals surface area contributed by atoms with Gasteiger partial charge in [0.25, 0.3) is 5.91 Å². The van der Waals surface area contributed by atoms with Gasteiger partial charge in [-0.2, -0.15) is 5.26 Å². The Hall–Kier alpha value is -4.99. The molecule has 13 nitrogen and oxygen atoms in total. The van der Waals surface area contributed by atoms with Gasteiger partial charge in [-0.05, 0) is 18.2 Å². The molecule has 3 aromatic rings. The fourth-order valence-electron chi connectivity index (χ4n) is 2.73. The molecule has 1 aromatic carbocycles. The second kappa shape index (κ2) is 8.79. The third kappa shape index (κ3) is 4.28. The predicted molar refractivity (Wildman–Crippen MR) is 107 cm³/mol. The highest BCUT2D eigenvalue weighted by atomic mass is 16.6. The number of pyridine rings is 1. The van der Waals surface area contributed by atoms with E-state index < -0.39 is 44.9 Å². The number of carbonyl (C=O) groups excluding carboxylic acids is 1. The topological polar surface area (TPSA) is 192 Å². The minimum absolute atomic E-state index is 0.0661. The molecule has 2 heterocycles. The number of rotatable bonds is 6. The van der Waals surface area contributed by atoms with Crippen molar-refractivity contribution in [1.29, 1.82) is 5.26 Å². The van der Waals surface area contributed by atoms with E-state index in [-0.39, 0.29) is 6.54 Å². The summed E-state index contributed by atoms with van der Waals surface area (Å²) in [5, 5.41) is 58.0. The van der Waals surface area contributed by atoms with E-state index in [4.69, 9.17) is 0 Å². The Labute approximate surface area is 179 Å². The first-order valence-corrected chi connectivity index (χ1v) is 8.84. The number of benzene rings is 1. The minimum Gasteiger partial charge on any atom is -0.506 e. The summed E-state index contributed by atoms with van der Waals surface area (Å²) >= 11 is 0. The number of nitrogens with zero attached hydrogens (tertiary/aromatic N) is 7. The molecule has 3 rings (SSSR count). The van der Waals surface area contributed by atoms with E-state index in [1.54, 1.807) is 36.8 Å². The zero-order chi connectivity index (χ0) is 23.4. The SMILES string of the molecule is CN(Cc1cn(-c2ccncc2)nn1)C(=O)/C(C#N)=C(\O)c1cc(O)c(O)c([N+](=O)[O-])c1. The first kappa shape index (κ1) is 21.7. The minimum atomic E-state index is -1.01. The maximum Gasteiger partial charge on any atom is 0.315 e. The maximum atomic E-state index is 12.7. The molecule has 162 valence electrons. The number of carbonyl (C=O) groups is 1. The van der Waals surface area contributed by atoms with E-state index in [1.165, 1.54) is 11.7 Å². The van der Waals surface area contributed by atoms with Gasteiger partial charge in [0, 0.05) is 31.1 Å². The maximum absolute atomic E-state index is 12.7. The van der Waals surface area contributed by atoms with E-state index in [1.807, 2.05) is 0 Å². The Bertz CT molecular complexity index is 1260. The summed E-state index contributed by atoms with van der Waals surface area (Å²) in [6, 6.07) is 6.49. The largest absolute Gasteiger partial charge is 0.506 e. The lowest BCUT2D eigenvalue weighted by molar-refractivity contribution is -0.386. The number of phenolic OH excluding ortho intramolecular Hbond substituents is 2. The zero-order valence-electron chi connectivity index (χ0n) is 16.4. The van der Waals surface area contributed by atoms with Crippen LogP contribution in [0.25, 0.3) is 11.4 Å². The Morgan fingerprint density at radius 2 is 2.00 bits per heavy atom. The number of nitriles is 1. The number of amides is 1. The van der Waals surface area contributed by atoms with Crippen LogP contribution in [0.3, 0.4) is 0 Å². The van der Waals surface area contributed by atoms with Crippen molar-refractivity contribution in [3.05, 3.63) is 69.8 Å². The first-order valence-electron chi connectivity index (χ1n) is 8.84. The van der Waals surface area contributed by atoms with Crippen LogP contribution in [-0.4, -0.2) is 58.1 Å². The second-order valence-corrected chi connectivity index (χ2v) is 6.48. The average Bonchev–Trinajstić information content (AvgIpc) is 3.24. The standard InChI is InChI=1S/C19H15N7O6/c1-24(9-12-10-25(23-22-12)13-2-4-21-5-3-13)19(30)14(8-20)17(28)11-6-15(26(31)32)18(29)16(27)7-11/h2-7,10,27-29H,9H2,1H3/b17-14-. The molecule has 0 spiro atoms. The molecule has 0 saturated heterocycles. The molecule has 0 atom stereocenters. The van der Waals surface area contributed by atoms with Crippen molar-refractivity contribution in [2.24, 2.45) is 0 Å². The van der Waals surface area contributed by atoms with Gasteiger partial charge in [0.15, 0.2) is 11.3 Å². The van der Waals surface area contributed by atoms with Gasteiger partial charge in [-0.3, -0.25) is 19.9 Å². The summed E-state index contributed by atoms with van der Waals surface area (Å²) < 4.78 is 1.46. The van der Waals surface area contributed by atoms with E-state index in [0.717, 1.165) is 17.0 Å². The van der Waals surface area contributed by atoms with Crippen LogP contribution < -0.4 is 0 Å². The van der Waals surface area contributed by atoms with Crippen LogP contribution in [0.4, 0.5) is 5.69 Å². The first-order chi connectivity index (χ1) is 15.2. The lowest BCUT2D eigenvalue weighted by Gasteiger charge is -2.15. The summed E-state index contributed by atoms with van der Waals surface area (Å²) in [5.41, 5.74) is -0.955. The number of hydrogen-bond acceptors (Lipinski definition) is 10. The number of aromatic nitrogens is 4. The summed E-state index contributed by atoms with van der Waals surface area (Å²) in [6.07, 6.45) is 4.71. The zero-order valence-corrected chi connectivity index (χ0v) is 16.4. The number of likely N-dealkylation sites (N-methyl/N-ethyl adjacent to an activating group) is 1. The molecule has 0 bridgehead atoms. The Balaban J connectivity index is 1.87. The smallest absolute Gasteiger partial charge is 0.315 e. The highest BCUT2D eigenvalue weighted by Crippen LogP contribution is 2.38. The van der Waals surface area contributed by atoms with Crippen LogP contribution in [0.2, 0.25) is 0 Å². The number of nitro benzene ring substituents is 1. The monoisotopic (exact) mass is 437 g/mol. The van der Waals surface area contributed by atoms with Crippen molar-refractivity contribution in [2.45, 2.75) is 6.54 Å². The number of phenols is 2. The van der Waals surface area contributed by atoms with Gasteiger partial charge in [-0.25, -0.2) is 4.68 Å². The molecular formula is C19H15N7O6. The Morgan fingerprint density at radius 3 is 2.62 bits per heavy atom. The van der Waals surface area contributed by atoms with Crippen LogP contribution in [0, 0.1) is 21.4 Å². The highest BCUT2D eigenvalue weighted by molar-refractivity contribution is 6.03. The van der Waals surface area contributed by atoms with Crippen molar-refractivity contribution < 1.29 is 25.0 Å². The molecule has 0 fully saturated rings. The fraction of sp³-hybridized carbons (Fsp3) is 0.105. The van der Waals surface area contributed by atoms with Crippen molar-refractivity contribution in [2.75, 3.05) is 7.05 Å². The molecule has 0 aliphatic heterocycles. The van der Waals surface area contributed by atoms with Gasteiger partial charge >= 0.3 is 5.69 Å². The molecule has 0 radical (unpaired) electrons. The van der Waals surface area contributed by atoms with Crippen LogP contribution in [0.5, 0.6) is 11.5 Å². The van der Waals surface area contributed by atoms with Gasteiger partial charge in [0.1, 0.15) is 17.5 Å². The molecule has 0 aliphatic rings. The van der Waals surface area contributed by atoms with Crippen LogP contribution >= 0.6 is 0 Å². The molecule has 13 heteroatoms. The molecule has 32 heavy (non-hydrogen) atoms. The third-order valence-electron chi connectivity index (χ3n) is 4.32. The van der Waals surface area contributed by atoms with Gasteiger partial charge in [-0.15, -0.1) is 5.10 Å². The van der Waals surface area contributed by atoms with Crippen LogP contribution in [0.15, 0.2) is 48.4 Å². The summed E-state index contributed by atoms with van der Waals surface area (Å²) in [6.45, 7) is -0.0661. The van der Waals surface area contributed by atoms with Crippen molar-refractivity contribution in [1.82, 2.24) is 24.9 Å². The van der Waals surface area contributed by atoms with Crippen LogP contribution in [-0.2, 0) is 11.3 Å². The number of hydrogen-bond donors (Lipinski definition) is 3. The highest BCUT2D eigenvalue weighted by Gasteiger charge is 2.25. The second-order valence-electron chi connectivity index (χ2n) is 6.48. The van der Waals surface area contributed by atoms with Gasteiger partial charge in [0.2, 0.25) is 5.75 Å². The van der Waals surface area contributed by atoms with Crippen molar-refractivity contribution >= 4 is 17.4 Å². The van der Waals surface area contributed by atoms with Crippen LogP contribution in [0.1, 0.15) is 11.3 Å². The van der Waals surface area contributed by atoms with Crippen molar-refractivity contribution in [3.8, 4) is 23.3 Å². The van der Waals surface area contributed by atoms with Gasteiger partial charge in [0.05, 0.1) is 23.4 Å². The number of nitro groups is 1. The Morgan fingerprint density at radius 1 is 1.31 bits per heavy atom. The number of aromatic hydroxyl groups is 2. The van der Waals surface area contributed by atoms with E-state index in [2.05, 4.69) is 15.3 Å². The molecule has 0 saturated carbocycles. The fourth-order valence-corrected chi connectivity index (χ4v) is 2.73. The quantitative estimate of drug-likeness (QED) is 0.127. The van der Waals surface area contributed by atoms with Gasteiger partial charge in [-0.1, -0.05) is 5.21 Å². The van der Waals surface area contributed by atoms with E-state index in [9.17, 15) is 35.5 Å². The molecule has 2 aromatic heterocycles. The normalized spacial score (nSPS) is 11.4. The molecule has 1 amide bonds. The number of aliphatic hydroxyl groups is 1. The molecular weight excluding hydrogens is 422 g/mol. The van der Waals surface area contributed by atoms with E-state index in [0.29, 0.717) is 11.4 Å². The third-order valence-corrected chi connectivity index (χ3v) is 4.32. The summed E-state index contributed by atoms with van der Waals surface area (Å²) in [5.74, 6) is -3.71. The lowest BCUT2D eigenvalue weighted by Crippen LogP contribution is -2.28. The molecule has 0 unspecified atom stereocenters. The summed E-state index contributed by atoms with van der Waals surface area (Å²) in [7, 11) is 1.36. The average molecular weight is 437 g/mol. The molecule has 0 aliphatic carbocycles. The predicted octanol–water partition coefficient (Wildman–Crippen LogP) is 1.43. The Kier molecular flexibility index (Phi) is 5.97.